The number of hydrogen-bond acceptors (Lipinski definition) is 4. The normalized spacial score (nSPS) is 11.1. The monoisotopic (exact) mass is 351 g/mol. The maximum absolute atomic E-state index is 12.7. The fraction of sp³-hybridized carbons (Fsp3) is 0.167. The van der Waals surface area contributed by atoms with Gasteiger partial charge in [0.1, 0.15) is 5.00 Å². The molecule has 0 unspecified atom stereocenters. The molecule has 0 saturated carbocycles. The minimum absolute atomic E-state index is 0.114. The van der Waals surface area contributed by atoms with Crippen LogP contribution in [0.25, 0.3) is 10.6 Å². The molecule has 4 aromatic heterocycles. The maximum atomic E-state index is 12.7. The van der Waals surface area contributed by atoms with Crippen molar-refractivity contribution in [3.05, 3.63) is 70.8 Å². The minimum atomic E-state index is -0.114. The topological polar surface area (TPSA) is 64.2 Å². The predicted molar refractivity (Wildman–Crippen MR) is 97.3 cm³/mol. The Morgan fingerprint density at radius 3 is 2.72 bits per heavy atom. The van der Waals surface area contributed by atoms with Gasteiger partial charge in [-0.25, -0.2) is 0 Å². The third-order valence-corrected chi connectivity index (χ3v) is 5.05. The second-order valence-electron chi connectivity index (χ2n) is 5.82. The maximum Gasteiger partial charge on any atom is 0.254 e. The number of fused-ring (bicyclic) bond motifs is 1. The fourth-order valence-electron chi connectivity index (χ4n) is 2.90. The summed E-state index contributed by atoms with van der Waals surface area (Å²) in [6, 6.07) is 11.7. The van der Waals surface area contributed by atoms with Crippen LogP contribution >= 0.6 is 11.3 Å². The number of carbonyl (C=O) groups excluding carboxylic acids is 1. The highest BCUT2D eigenvalue weighted by atomic mass is 32.1. The van der Waals surface area contributed by atoms with Crippen LogP contribution in [0.2, 0.25) is 0 Å². The van der Waals surface area contributed by atoms with Crippen molar-refractivity contribution in [3.63, 3.8) is 0 Å². The number of rotatable bonds is 4. The number of hydrogen-bond donors (Lipinski definition) is 1. The standard InChI is InChI=1S/C18H17N5OS/c1-12-6-7-13(2)23(12)18-14(8-10-25-18)17(24)19-11-16-21-20-15-5-3-4-9-22(15)16/h3-10H,11H2,1-2H3,(H,19,24). The molecule has 0 aliphatic heterocycles. The van der Waals surface area contributed by atoms with Gasteiger partial charge in [0.2, 0.25) is 0 Å². The van der Waals surface area contributed by atoms with Crippen LogP contribution in [0.5, 0.6) is 0 Å². The van der Waals surface area contributed by atoms with Crippen LogP contribution in [0.1, 0.15) is 27.6 Å². The zero-order chi connectivity index (χ0) is 17.4. The van der Waals surface area contributed by atoms with E-state index >= 15 is 0 Å². The summed E-state index contributed by atoms with van der Waals surface area (Å²) in [6.45, 7) is 4.40. The van der Waals surface area contributed by atoms with Crippen LogP contribution in [-0.4, -0.2) is 25.1 Å². The third kappa shape index (κ3) is 2.72. The summed E-state index contributed by atoms with van der Waals surface area (Å²) in [7, 11) is 0. The summed E-state index contributed by atoms with van der Waals surface area (Å²) in [4.78, 5) is 12.7. The van der Waals surface area contributed by atoms with Crippen LogP contribution in [0.3, 0.4) is 0 Å². The molecular weight excluding hydrogens is 334 g/mol. The highest BCUT2D eigenvalue weighted by molar-refractivity contribution is 7.13. The van der Waals surface area contributed by atoms with Gasteiger partial charge in [0.15, 0.2) is 11.5 Å². The lowest BCUT2D eigenvalue weighted by molar-refractivity contribution is 0.0950. The van der Waals surface area contributed by atoms with Gasteiger partial charge in [-0.15, -0.1) is 21.5 Å². The lowest BCUT2D eigenvalue weighted by Crippen LogP contribution is -2.24. The van der Waals surface area contributed by atoms with Gasteiger partial charge in [0.05, 0.1) is 12.1 Å². The van der Waals surface area contributed by atoms with E-state index in [4.69, 9.17) is 0 Å². The van der Waals surface area contributed by atoms with E-state index in [9.17, 15) is 4.79 Å². The molecule has 0 spiro atoms. The van der Waals surface area contributed by atoms with Gasteiger partial charge in [-0.1, -0.05) is 6.07 Å². The molecule has 4 aromatic rings. The van der Waals surface area contributed by atoms with Crippen molar-refractivity contribution in [2.75, 3.05) is 0 Å². The molecule has 4 rings (SSSR count). The van der Waals surface area contributed by atoms with Crippen LogP contribution in [0.4, 0.5) is 0 Å². The van der Waals surface area contributed by atoms with E-state index in [1.54, 1.807) is 11.3 Å². The lowest BCUT2D eigenvalue weighted by atomic mass is 10.3. The molecule has 1 amide bonds. The van der Waals surface area contributed by atoms with Gasteiger partial charge in [-0.2, -0.15) is 0 Å². The molecule has 0 aromatic carbocycles. The Kier molecular flexibility index (Phi) is 3.85. The zero-order valence-corrected chi connectivity index (χ0v) is 14.7. The summed E-state index contributed by atoms with van der Waals surface area (Å²) in [5.74, 6) is 0.588. The molecule has 0 fully saturated rings. The summed E-state index contributed by atoms with van der Waals surface area (Å²) >= 11 is 1.56. The molecule has 6 nitrogen and oxygen atoms in total. The van der Waals surface area contributed by atoms with Gasteiger partial charge in [0.25, 0.3) is 5.91 Å². The molecule has 4 heterocycles. The predicted octanol–water partition coefficient (Wildman–Crippen LogP) is 3.13. The van der Waals surface area contributed by atoms with Crippen molar-refractivity contribution in [2.45, 2.75) is 20.4 Å². The first-order valence-electron chi connectivity index (χ1n) is 7.95. The van der Waals surface area contributed by atoms with Gasteiger partial charge >= 0.3 is 0 Å². The van der Waals surface area contributed by atoms with Crippen molar-refractivity contribution in [1.29, 1.82) is 0 Å². The van der Waals surface area contributed by atoms with Crippen LogP contribution in [0.15, 0.2) is 48.0 Å². The van der Waals surface area contributed by atoms with Gasteiger partial charge in [0, 0.05) is 17.6 Å². The smallest absolute Gasteiger partial charge is 0.254 e. The van der Waals surface area contributed by atoms with E-state index in [1.807, 2.05) is 54.1 Å². The average molecular weight is 351 g/mol. The highest BCUT2D eigenvalue weighted by Gasteiger charge is 2.17. The molecule has 0 radical (unpaired) electrons. The SMILES string of the molecule is Cc1ccc(C)n1-c1sccc1C(=O)NCc1nnc2ccccn12. The highest BCUT2D eigenvalue weighted by Crippen LogP contribution is 2.25. The van der Waals surface area contributed by atoms with Gasteiger partial charge in [-0.05, 0) is 49.6 Å². The number of thiophene rings is 1. The van der Waals surface area contributed by atoms with Crippen molar-refractivity contribution >= 4 is 22.9 Å². The van der Waals surface area contributed by atoms with Crippen LogP contribution < -0.4 is 5.32 Å². The zero-order valence-electron chi connectivity index (χ0n) is 13.9. The Balaban J connectivity index is 1.58. The van der Waals surface area contributed by atoms with Gasteiger partial charge in [-0.3, -0.25) is 9.20 Å². The van der Waals surface area contributed by atoms with Crippen molar-refractivity contribution in [1.82, 2.24) is 24.5 Å². The summed E-state index contributed by atoms with van der Waals surface area (Å²) in [5.41, 5.74) is 3.65. The first kappa shape index (κ1) is 15.6. The van der Waals surface area contributed by atoms with E-state index in [0.717, 1.165) is 22.0 Å². The van der Waals surface area contributed by atoms with E-state index in [0.29, 0.717) is 17.9 Å². The molecule has 0 saturated heterocycles. The molecule has 0 aliphatic carbocycles. The van der Waals surface area contributed by atoms with Crippen molar-refractivity contribution in [2.24, 2.45) is 0 Å². The molecule has 0 aliphatic rings. The number of aryl methyl sites for hydroxylation is 2. The van der Waals surface area contributed by atoms with E-state index in [-0.39, 0.29) is 5.91 Å². The summed E-state index contributed by atoms with van der Waals surface area (Å²) in [6.07, 6.45) is 1.89. The molecule has 1 N–H and O–H groups in total. The first-order valence-corrected chi connectivity index (χ1v) is 8.83. The molecule has 0 bridgehead atoms. The average Bonchev–Trinajstić information content (AvgIpc) is 3.32. The number of amides is 1. The molecular formula is C18H17N5OS. The van der Waals surface area contributed by atoms with Crippen LogP contribution in [0, 0.1) is 13.8 Å². The Morgan fingerprint density at radius 1 is 1.12 bits per heavy atom. The number of carbonyl (C=O) groups is 1. The minimum Gasteiger partial charge on any atom is -0.345 e. The van der Waals surface area contributed by atoms with E-state index < -0.39 is 0 Å². The van der Waals surface area contributed by atoms with Crippen molar-refractivity contribution < 1.29 is 4.79 Å². The molecule has 25 heavy (non-hydrogen) atoms. The van der Waals surface area contributed by atoms with E-state index in [2.05, 4.69) is 32.2 Å². The number of nitrogens with zero attached hydrogens (tertiary/aromatic N) is 4. The second kappa shape index (κ2) is 6.18. The Morgan fingerprint density at radius 2 is 1.92 bits per heavy atom. The molecule has 126 valence electrons. The van der Waals surface area contributed by atoms with Crippen molar-refractivity contribution in [3.8, 4) is 5.00 Å². The summed E-state index contributed by atoms with van der Waals surface area (Å²) in [5, 5.41) is 14.1. The van der Waals surface area contributed by atoms with Crippen LogP contribution in [-0.2, 0) is 6.54 Å². The van der Waals surface area contributed by atoms with Gasteiger partial charge < -0.3 is 9.88 Å². The Hall–Kier alpha value is -2.93. The number of pyridine rings is 1. The van der Waals surface area contributed by atoms with E-state index in [1.165, 1.54) is 0 Å². The Bertz CT molecular complexity index is 1040. The second-order valence-corrected chi connectivity index (χ2v) is 6.71. The first-order chi connectivity index (χ1) is 12.1. The molecule has 7 heteroatoms. The number of nitrogens with one attached hydrogen (secondary N) is 1. The largest absolute Gasteiger partial charge is 0.345 e. The Labute approximate surface area is 148 Å². The lowest BCUT2D eigenvalue weighted by Gasteiger charge is -2.10. The fourth-order valence-corrected chi connectivity index (χ4v) is 3.92. The summed E-state index contributed by atoms with van der Waals surface area (Å²) < 4.78 is 3.97. The number of aromatic nitrogens is 4. The quantitative estimate of drug-likeness (QED) is 0.614. The molecule has 0 atom stereocenters. The third-order valence-electron chi connectivity index (χ3n) is 4.16.